The number of hydrogen-bond acceptors (Lipinski definition) is 2. The Kier molecular flexibility index (Phi) is 5.14. The van der Waals surface area contributed by atoms with Crippen molar-refractivity contribution in [3.63, 3.8) is 0 Å². The second-order valence-electron chi connectivity index (χ2n) is 6.27. The van der Waals surface area contributed by atoms with Gasteiger partial charge >= 0.3 is 0 Å². The SMILES string of the molecule is Cl.O=C(c1ccc2c(c1)CNC2)N1CCCC1c1ccccc1Cl. The largest absolute Gasteiger partial charge is 0.332 e. The highest BCUT2D eigenvalue weighted by atomic mass is 35.5. The van der Waals surface area contributed by atoms with Crippen LogP contribution in [-0.2, 0) is 13.1 Å². The zero-order chi connectivity index (χ0) is 15.8. The van der Waals surface area contributed by atoms with Crippen molar-refractivity contribution in [3.8, 4) is 0 Å². The first-order chi connectivity index (χ1) is 11.2. The van der Waals surface area contributed by atoms with Gasteiger partial charge < -0.3 is 10.2 Å². The Hall–Kier alpha value is -1.55. The minimum Gasteiger partial charge on any atom is -0.332 e. The van der Waals surface area contributed by atoms with Gasteiger partial charge in [-0.2, -0.15) is 0 Å². The molecule has 0 radical (unpaired) electrons. The summed E-state index contributed by atoms with van der Waals surface area (Å²) >= 11 is 6.35. The lowest BCUT2D eigenvalue weighted by Gasteiger charge is -2.26. The molecule has 2 aliphatic heterocycles. The van der Waals surface area contributed by atoms with E-state index in [-0.39, 0.29) is 24.4 Å². The number of nitrogens with one attached hydrogen (secondary N) is 1. The molecule has 2 aromatic rings. The topological polar surface area (TPSA) is 32.3 Å². The lowest BCUT2D eigenvalue weighted by Crippen LogP contribution is -2.30. The molecule has 1 atom stereocenters. The fourth-order valence-electron chi connectivity index (χ4n) is 3.67. The number of fused-ring (bicyclic) bond motifs is 1. The van der Waals surface area contributed by atoms with Crippen molar-refractivity contribution in [1.29, 1.82) is 0 Å². The highest BCUT2D eigenvalue weighted by molar-refractivity contribution is 6.31. The average Bonchev–Trinajstić information content (AvgIpc) is 3.23. The second kappa shape index (κ2) is 7.14. The predicted molar refractivity (Wildman–Crippen MR) is 98.7 cm³/mol. The molecule has 0 spiro atoms. The molecule has 4 rings (SSSR count). The molecule has 2 heterocycles. The molecule has 0 saturated carbocycles. The predicted octanol–water partition coefficient (Wildman–Crippen LogP) is 4.34. The number of rotatable bonds is 2. The van der Waals surface area contributed by atoms with E-state index in [1.807, 2.05) is 41.3 Å². The lowest BCUT2D eigenvalue weighted by molar-refractivity contribution is 0.0735. The molecule has 5 heteroatoms. The molecule has 0 aromatic heterocycles. The number of amides is 1. The highest BCUT2D eigenvalue weighted by Crippen LogP contribution is 2.36. The molecular weight excluding hydrogens is 343 g/mol. The van der Waals surface area contributed by atoms with Crippen LogP contribution in [-0.4, -0.2) is 17.4 Å². The molecule has 0 aliphatic carbocycles. The van der Waals surface area contributed by atoms with Crippen LogP contribution in [0.25, 0.3) is 0 Å². The highest BCUT2D eigenvalue weighted by Gasteiger charge is 2.32. The molecule has 2 aliphatic rings. The fraction of sp³-hybridized carbons (Fsp3) is 0.316. The van der Waals surface area contributed by atoms with Gasteiger partial charge in [0.2, 0.25) is 0 Å². The molecule has 126 valence electrons. The van der Waals surface area contributed by atoms with Gasteiger partial charge in [0.25, 0.3) is 5.91 Å². The van der Waals surface area contributed by atoms with Gasteiger partial charge in [0.1, 0.15) is 0 Å². The lowest BCUT2D eigenvalue weighted by atomic mass is 10.0. The third-order valence-corrected chi connectivity index (χ3v) is 5.21. The summed E-state index contributed by atoms with van der Waals surface area (Å²) in [5.41, 5.74) is 4.38. The van der Waals surface area contributed by atoms with Gasteiger partial charge in [-0.05, 0) is 47.7 Å². The standard InChI is InChI=1S/C19H19ClN2O.ClH/c20-17-5-2-1-4-16(17)18-6-3-9-22(18)19(23)13-7-8-14-11-21-12-15(14)10-13;/h1-2,4-5,7-8,10,18,21H,3,6,9,11-12H2;1H. The maximum atomic E-state index is 13.0. The Morgan fingerprint density at radius 1 is 1.12 bits per heavy atom. The first-order valence-corrected chi connectivity index (χ1v) is 8.50. The second-order valence-corrected chi connectivity index (χ2v) is 6.67. The van der Waals surface area contributed by atoms with Gasteiger partial charge in [-0.15, -0.1) is 12.4 Å². The number of nitrogens with zero attached hydrogens (tertiary/aromatic N) is 1. The number of hydrogen-bond donors (Lipinski definition) is 1. The molecule has 1 unspecified atom stereocenters. The first-order valence-electron chi connectivity index (χ1n) is 8.12. The molecular formula is C19H20Cl2N2O. The van der Waals surface area contributed by atoms with E-state index in [2.05, 4.69) is 11.4 Å². The number of likely N-dealkylation sites (tertiary alicyclic amines) is 1. The van der Waals surface area contributed by atoms with Crippen molar-refractivity contribution >= 4 is 29.9 Å². The number of carbonyl (C=O) groups excluding carboxylic acids is 1. The Morgan fingerprint density at radius 3 is 2.75 bits per heavy atom. The third-order valence-electron chi connectivity index (χ3n) is 4.86. The Bertz CT molecular complexity index is 763. The molecule has 1 fully saturated rings. The Balaban J connectivity index is 0.00000169. The Morgan fingerprint density at radius 2 is 1.92 bits per heavy atom. The van der Waals surface area contributed by atoms with Crippen LogP contribution in [0, 0.1) is 0 Å². The summed E-state index contributed by atoms with van der Waals surface area (Å²) in [6.07, 6.45) is 2.00. The summed E-state index contributed by atoms with van der Waals surface area (Å²) in [5.74, 6) is 0.113. The summed E-state index contributed by atoms with van der Waals surface area (Å²) in [7, 11) is 0. The van der Waals surface area contributed by atoms with E-state index in [1.165, 1.54) is 11.1 Å². The number of halogens is 2. The minimum atomic E-state index is 0. The summed E-state index contributed by atoms with van der Waals surface area (Å²) in [6.45, 7) is 2.55. The zero-order valence-corrected chi connectivity index (χ0v) is 14.9. The first kappa shape index (κ1) is 17.3. The van der Waals surface area contributed by atoms with E-state index in [9.17, 15) is 4.79 Å². The number of carbonyl (C=O) groups is 1. The third kappa shape index (κ3) is 3.04. The average molecular weight is 363 g/mol. The fourth-order valence-corrected chi connectivity index (χ4v) is 3.93. The van der Waals surface area contributed by atoms with E-state index in [4.69, 9.17) is 11.6 Å². The van der Waals surface area contributed by atoms with Crippen LogP contribution >= 0.6 is 24.0 Å². The Labute approximate surface area is 153 Å². The van der Waals surface area contributed by atoms with E-state index in [0.29, 0.717) is 0 Å². The van der Waals surface area contributed by atoms with Crippen molar-refractivity contribution in [2.75, 3.05) is 6.54 Å². The van der Waals surface area contributed by atoms with Crippen LogP contribution in [0.1, 0.15) is 45.9 Å². The number of benzene rings is 2. The van der Waals surface area contributed by atoms with Crippen molar-refractivity contribution in [2.45, 2.75) is 32.0 Å². The molecule has 1 N–H and O–H groups in total. The van der Waals surface area contributed by atoms with Gasteiger partial charge in [-0.1, -0.05) is 35.9 Å². The van der Waals surface area contributed by atoms with Crippen LogP contribution in [0.4, 0.5) is 0 Å². The van der Waals surface area contributed by atoms with Gasteiger partial charge in [-0.25, -0.2) is 0 Å². The van der Waals surface area contributed by atoms with E-state index in [0.717, 1.165) is 48.6 Å². The minimum absolute atomic E-state index is 0. The molecule has 2 aromatic carbocycles. The molecule has 0 bridgehead atoms. The van der Waals surface area contributed by atoms with Crippen LogP contribution in [0.2, 0.25) is 5.02 Å². The molecule has 3 nitrogen and oxygen atoms in total. The van der Waals surface area contributed by atoms with Gasteiger partial charge in [0, 0.05) is 30.2 Å². The van der Waals surface area contributed by atoms with E-state index >= 15 is 0 Å². The van der Waals surface area contributed by atoms with Crippen molar-refractivity contribution in [1.82, 2.24) is 10.2 Å². The van der Waals surface area contributed by atoms with Crippen LogP contribution in [0.15, 0.2) is 42.5 Å². The summed E-state index contributed by atoms with van der Waals surface area (Å²) in [5, 5.41) is 4.07. The molecule has 24 heavy (non-hydrogen) atoms. The monoisotopic (exact) mass is 362 g/mol. The van der Waals surface area contributed by atoms with Crippen molar-refractivity contribution in [3.05, 3.63) is 69.7 Å². The van der Waals surface area contributed by atoms with E-state index < -0.39 is 0 Å². The summed E-state index contributed by atoms with van der Waals surface area (Å²) in [6, 6.07) is 14.0. The summed E-state index contributed by atoms with van der Waals surface area (Å²) < 4.78 is 0. The zero-order valence-electron chi connectivity index (χ0n) is 13.3. The summed E-state index contributed by atoms with van der Waals surface area (Å²) in [4.78, 5) is 15.0. The van der Waals surface area contributed by atoms with Crippen LogP contribution in [0.5, 0.6) is 0 Å². The smallest absolute Gasteiger partial charge is 0.254 e. The van der Waals surface area contributed by atoms with Gasteiger partial charge in [0.05, 0.1) is 6.04 Å². The molecule has 1 amide bonds. The van der Waals surface area contributed by atoms with Crippen molar-refractivity contribution < 1.29 is 4.79 Å². The van der Waals surface area contributed by atoms with Gasteiger partial charge in [0.15, 0.2) is 0 Å². The van der Waals surface area contributed by atoms with Crippen LogP contribution in [0.3, 0.4) is 0 Å². The van der Waals surface area contributed by atoms with E-state index in [1.54, 1.807) is 0 Å². The van der Waals surface area contributed by atoms with Crippen LogP contribution < -0.4 is 5.32 Å². The van der Waals surface area contributed by atoms with Crippen molar-refractivity contribution in [2.24, 2.45) is 0 Å². The quantitative estimate of drug-likeness (QED) is 0.861. The normalized spacial score (nSPS) is 19.0. The molecule has 1 saturated heterocycles. The maximum Gasteiger partial charge on any atom is 0.254 e. The maximum absolute atomic E-state index is 13.0. The van der Waals surface area contributed by atoms with Gasteiger partial charge in [-0.3, -0.25) is 4.79 Å².